The van der Waals surface area contributed by atoms with Crippen LogP contribution < -0.4 is 11.1 Å². The fraction of sp³-hybridized carbons (Fsp3) is 0.429. The number of carbonyl (C=O) groups is 1. The van der Waals surface area contributed by atoms with Crippen LogP contribution in [0, 0.1) is 0 Å². The number of hydrogen-bond donors (Lipinski definition) is 2. The van der Waals surface area contributed by atoms with Gasteiger partial charge in [-0.1, -0.05) is 23.4 Å². The number of nitrogens with one attached hydrogen (secondary N) is 1. The average Bonchev–Trinajstić information content (AvgIpc) is 2.49. The van der Waals surface area contributed by atoms with E-state index in [1.54, 1.807) is 12.1 Å². The van der Waals surface area contributed by atoms with E-state index in [9.17, 15) is 4.79 Å². The van der Waals surface area contributed by atoms with Gasteiger partial charge in [-0.25, -0.2) is 0 Å². The molecule has 7 heteroatoms. The van der Waals surface area contributed by atoms with E-state index in [0.29, 0.717) is 25.6 Å². The Morgan fingerprint density at radius 3 is 2.76 bits per heavy atom. The third-order valence-electron chi connectivity index (χ3n) is 2.92. The summed E-state index contributed by atoms with van der Waals surface area (Å²) in [4.78, 5) is 18.7. The Balaban J connectivity index is 1.67. The molecule has 0 atom stereocenters. The molecule has 1 aliphatic heterocycles. The summed E-state index contributed by atoms with van der Waals surface area (Å²) in [5.41, 5.74) is 6.47. The van der Waals surface area contributed by atoms with Gasteiger partial charge in [-0.15, -0.1) is 0 Å². The number of ether oxygens (including phenoxy) is 1. The number of benzene rings is 1. The van der Waals surface area contributed by atoms with Crippen molar-refractivity contribution < 1.29 is 14.4 Å². The highest BCUT2D eigenvalue weighted by atomic mass is 16.6. The molecule has 2 rings (SSSR count). The molecule has 21 heavy (non-hydrogen) atoms. The summed E-state index contributed by atoms with van der Waals surface area (Å²) in [6.45, 7) is 3.40. The maximum absolute atomic E-state index is 11.6. The van der Waals surface area contributed by atoms with Crippen LogP contribution in [-0.2, 0) is 14.4 Å². The summed E-state index contributed by atoms with van der Waals surface area (Å²) in [7, 11) is 0. The molecular formula is C14H20N4O3. The number of carbonyl (C=O) groups excluding carboxylic acids is 1. The van der Waals surface area contributed by atoms with Crippen LogP contribution in [0.25, 0.3) is 0 Å². The highest BCUT2D eigenvalue weighted by Gasteiger charge is 2.11. The van der Waals surface area contributed by atoms with Gasteiger partial charge in [0.25, 0.3) is 5.91 Å². The molecule has 1 saturated heterocycles. The maximum Gasteiger partial charge on any atom is 0.265 e. The van der Waals surface area contributed by atoms with Gasteiger partial charge in [0.15, 0.2) is 12.4 Å². The van der Waals surface area contributed by atoms with Gasteiger partial charge in [0, 0.05) is 18.8 Å². The second-order valence-electron chi connectivity index (χ2n) is 4.66. The number of oxime groups is 1. The van der Waals surface area contributed by atoms with Gasteiger partial charge >= 0.3 is 0 Å². The van der Waals surface area contributed by atoms with Crippen LogP contribution in [0.4, 0.5) is 5.69 Å². The van der Waals surface area contributed by atoms with Gasteiger partial charge in [0.1, 0.15) is 0 Å². The van der Waals surface area contributed by atoms with E-state index in [2.05, 4.69) is 15.4 Å². The summed E-state index contributed by atoms with van der Waals surface area (Å²) in [6.07, 6.45) is 0. The standard InChI is InChI=1S/C14H20N4O3/c15-13(10-18-6-8-20-9-7-18)17-21-11-14(19)16-12-4-2-1-3-5-12/h1-5H,6-11H2,(H2,15,17)(H,16,19). The molecule has 1 fully saturated rings. The fourth-order valence-electron chi connectivity index (χ4n) is 1.91. The Morgan fingerprint density at radius 2 is 2.05 bits per heavy atom. The van der Waals surface area contributed by atoms with Crippen LogP contribution in [-0.4, -0.2) is 56.1 Å². The summed E-state index contributed by atoms with van der Waals surface area (Å²) in [5, 5.41) is 6.45. The van der Waals surface area contributed by atoms with Crippen LogP contribution in [0.2, 0.25) is 0 Å². The van der Waals surface area contributed by atoms with Gasteiger partial charge in [-0.3, -0.25) is 9.69 Å². The zero-order valence-electron chi connectivity index (χ0n) is 11.8. The summed E-state index contributed by atoms with van der Waals surface area (Å²) in [5.74, 6) is 0.0773. The number of anilines is 1. The van der Waals surface area contributed by atoms with Crippen molar-refractivity contribution in [1.82, 2.24) is 4.90 Å². The molecule has 1 aliphatic rings. The number of amidine groups is 1. The first-order chi connectivity index (χ1) is 10.2. The molecule has 0 saturated carbocycles. The molecule has 0 spiro atoms. The maximum atomic E-state index is 11.6. The third kappa shape index (κ3) is 5.80. The average molecular weight is 292 g/mol. The molecule has 0 unspecified atom stereocenters. The van der Waals surface area contributed by atoms with Gasteiger partial charge in [0.2, 0.25) is 0 Å². The first kappa shape index (κ1) is 15.3. The minimum absolute atomic E-state index is 0.168. The van der Waals surface area contributed by atoms with E-state index in [-0.39, 0.29) is 12.5 Å². The van der Waals surface area contributed by atoms with Crippen LogP contribution >= 0.6 is 0 Å². The molecule has 1 aromatic carbocycles. The predicted molar refractivity (Wildman–Crippen MR) is 79.9 cm³/mol. The van der Waals surface area contributed by atoms with E-state index in [0.717, 1.165) is 18.8 Å². The second kappa shape index (κ2) is 8.23. The summed E-state index contributed by atoms with van der Waals surface area (Å²) >= 11 is 0. The number of para-hydroxylation sites is 1. The van der Waals surface area contributed by atoms with Crippen molar-refractivity contribution in [2.45, 2.75) is 0 Å². The molecule has 1 aromatic rings. The fourth-order valence-corrected chi connectivity index (χ4v) is 1.91. The molecule has 1 heterocycles. The number of rotatable bonds is 6. The molecular weight excluding hydrogens is 272 g/mol. The molecule has 114 valence electrons. The quantitative estimate of drug-likeness (QED) is 0.445. The van der Waals surface area contributed by atoms with E-state index in [1.165, 1.54) is 0 Å². The Morgan fingerprint density at radius 1 is 1.33 bits per heavy atom. The monoisotopic (exact) mass is 292 g/mol. The highest BCUT2D eigenvalue weighted by Crippen LogP contribution is 2.04. The van der Waals surface area contributed by atoms with Crippen LogP contribution in [0.5, 0.6) is 0 Å². The van der Waals surface area contributed by atoms with Crippen molar-refractivity contribution in [3.05, 3.63) is 30.3 Å². The lowest BCUT2D eigenvalue weighted by Gasteiger charge is -2.25. The molecule has 0 aliphatic carbocycles. The van der Waals surface area contributed by atoms with Gasteiger partial charge in [-0.2, -0.15) is 0 Å². The molecule has 7 nitrogen and oxygen atoms in total. The molecule has 0 bridgehead atoms. The van der Waals surface area contributed by atoms with Crippen molar-refractivity contribution in [3.63, 3.8) is 0 Å². The molecule has 0 aromatic heterocycles. The minimum atomic E-state index is -0.274. The zero-order valence-corrected chi connectivity index (χ0v) is 11.8. The normalized spacial score (nSPS) is 16.5. The highest BCUT2D eigenvalue weighted by molar-refractivity contribution is 5.91. The molecule has 0 radical (unpaired) electrons. The Labute approximate surface area is 123 Å². The van der Waals surface area contributed by atoms with Crippen molar-refractivity contribution >= 4 is 17.4 Å². The number of hydrogen-bond acceptors (Lipinski definition) is 5. The Bertz CT molecular complexity index is 472. The van der Waals surface area contributed by atoms with Gasteiger partial charge in [-0.05, 0) is 12.1 Å². The zero-order chi connectivity index (χ0) is 14.9. The number of amides is 1. The molecule has 3 N–H and O–H groups in total. The minimum Gasteiger partial charge on any atom is -0.384 e. The SMILES string of the molecule is NC(CN1CCOCC1)=NOCC(=O)Nc1ccccc1. The van der Waals surface area contributed by atoms with Gasteiger partial charge in [0.05, 0.1) is 19.8 Å². The first-order valence-corrected chi connectivity index (χ1v) is 6.83. The Hall–Kier alpha value is -2.12. The van der Waals surface area contributed by atoms with Crippen LogP contribution in [0.15, 0.2) is 35.5 Å². The predicted octanol–water partition coefficient (Wildman–Crippen LogP) is 0.246. The largest absolute Gasteiger partial charge is 0.384 e. The van der Waals surface area contributed by atoms with E-state index in [4.69, 9.17) is 15.3 Å². The Kier molecular flexibility index (Phi) is 5.99. The lowest BCUT2D eigenvalue weighted by molar-refractivity contribution is -0.120. The third-order valence-corrected chi connectivity index (χ3v) is 2.92. The smallest absolute Gasteiger partial charge is 0.265 e. The summed E-state index contributed by atoms with van der Waals surface area (Å²) < 4.78 is 5.24. The second-order valence-corrected chi connectivity index (χ2v) is 4.66. The number of morpholine rings is 1. The van der Waals surface area contributed by atoms with E-state index >= 15 is 0 Å². The van der Waals surface area contributed by atoms with E-state index < -0.39 is 0 Å². The van der Waals surface area contributed by atoms with Crippen molar-refractivity contribution in [1.29, 1.82) is 0 Å². The lowest BCUT2D eigenvalue weighted by Crippen LogP contribution is -2.41. The van der Waals surface area contributed by atoms with Gasteiger partial charge < -0.3 is 20.6 Å². The number of nitrogens with zero attached hydrogens (tertiary/aromatic N) is 2. The van der Waals surface area contributed by atoms with Crippen molar-refractivity contribution in [2.24, 2.45) is 10.9 Å². The topological polar surface area (TPSA) is 89.2 Å². The molecule has 1 amide bonds. The van der Waals surface area contributed by atoms with Crippen molar-refractivity contribution in [2.75, 3.05) is 44.8 Å². The van der Waals surface area contributed by atoms with Crippen molar-refractivity contribution in [3.8, 4) is 0 Å². The van der Waals surface area contributed by atoms with E-state index in [1.807, 2.05) is 18.2 Å². The lowest BCUT2D eigenvalue weighted by atomic mass is 10.3. The van der Waals surface area contributed by atoms with Crippen LogP contribution in [0.3, 0.4) is 0 Å². The summed E-state index contributed by atoms with van der Waals surface area (Å²) in [6, 6.07) is 9.16. The van der Waals surface area contributed by atoms with Crippen LogP contribution in [0.1, 0.15) is 0 Å². The number of nitrogens with two attached hydrogens (primary N) is 1. The first-order valence-electron chi connectivity index (χ1n) is 6.83.